The first kappa shape index (κ1) is 16.0. The van der Waals surface area contributed by atoms with Gasteiger partial charge in [-0.25, -0.2) is 16.8 Å². The minimum Gasteiger partial charge on any atom is -0.398 e. The molecule has 19 heavy (non-hydrogen) atoms. The van der Waals surface area contributed by atoms with Crippen LogP contribution in [0.4, 0.5) is 5.69 Å². The molecule has 0 radical (unpaired) electrons. The number of aryl methyl sites for hydroxylation is 1. The maximum atomic E-state index is 12.1. The third kappa shape index (κ3) is 4.50. The van der Waals surface area contributed by atoms with Gasteiger partial charge >= 0.3 is 0 Å². The smallest absolute Gasteiger partial charge is 0.181 e. The molecule has 2 N–H and O–H groups in total. The maximum absolute atomic E-state index is 12.1. The normalized spacial score (nSPS) is 12.5. The fraction of sp³-hybridized carbons (Fsp3) is 0.500. The number of nitrogen functional groups attached to an aromatic ring is 1. The Hall–Kier alpha value is -1.08. The lowest BCUT2D eigenvalue weighted by atomic mass is 10.2. The minimum absolute atomic E-state index is 0.00444. The third-order valence-electron chi connectivity index (χ3n) is 2.68. The molecule has 0 spiro atoms. The Bertz CT molecular complexity index is 648. The molecule has 0 aliphatic heterocycles. The van der Waals surface area contributed by atoms with E-state index in [1.807, 2.05) is 0 Å². The summed E-state index contributed by atoms with van der Waals surface area (Å²) in [4.78, 5) is 0.00444. The standard InChI is InChI=1S/C12H19NO4S2/c1-3-6-18(14,15)7-8-19(16,17)12-5-4-10(2)9-11(12)13/h4-5,9H,3,6-8,13H2,1-2H3. The first-order valence-corrected chi connectivity index (χ1v) is 9.44. The number of rotatable bonds is 6. The van der Waals surface area contributed by atoms with Gasteiger partial charge in [0.05, 0.1) is 22.1 Å². The Kier molecular flexibility index (Phi) is 4.98. The van der Waals surface area contributed by atoms with Crippen LogP contribution in [0.5, 0.6) is 0 Å². The van der Waals surface area contributed by atoms with Gasteiger partial charge in [0.25, 0.3) is 0 Å². The lowest BCUT2D eigenvalue weighted by molar-refractivity contribution is 0.587. The minimum atomic E-state index is -3.66. The lowest BCUT2D eigenvalue weighted by Gasteiger charge is -2.08. The maximum Gasteiger partial charge on any atom is 0.181 e. The molecule has 0 atom stereocenters. The third-order valence-corrected chi connectivity index (χ3v) is 6.58. The zero-order valence-corrected chi connectivity index (χ0v) is 12.7. The van der Waals surface area contributed by atoms with Gasteiger partial charge in [-0.15, -0.1) is 0 Å². The van der Waals surface area contributed by atoms with Gasteiger partial charge in [0.1, 0.15) is 0 Å². The fourth-order valence-corrected chi connectivity index (χ4v) is 5.34. The second kappa shape index (κ2) is 5.92. The van der Waals surface area contributed by atoms with Crippen molar-refractivity contribution >= 4 is 25.4 Å². The molecule has 1 aromatic carbocycles. The van der Waals surface area contributed by atoms with Crippen molar-refractivity contribution in [2.75, 3.05) is 23.0 Å². The highest BCUT2D eigenvalue weighted by molar-refractivity contribution is 7.95. The van der Waals surface area contributed by atoms with E-state index in [1.54, 1.807) is 26.0 Å². The van der Waals surface area contributed by atoms with Gasteiger partial charge < -0.3 is 5.73 Å². The Labute approximate surface area is 114 Å². The van der Waals surface area contributed by atoms with E-state index < -0.39 is 25.4 Å². The Morgan fingerprint density at radius 2 is 1.68 bits per heavy atom. The van der Waals surface area contributed by atoms with E-state index >= 15 is 0 Å². The van der Waals surface area contributed by atoms with Gasteiger partial charge in [-0.2, -0.15) is 0 Å². The summed E-state index contributed by atoms with van der Waals surface area (Å²) in [7, 11) is -6.98. The van der Waals surface area contributed by atoms with Crippen LogP contribution in [0.25, 0.3) is 0 Å². The molecule has 0 amide bonds. The molecule has 7 heteroatoms. The van der Waals surface area contributed by atoms with Crippen molar-refractivity contribution < 1.29 is 16.8 Å². The summed E-state index contributed by atoms with van der Waals surface area (Å²) < 4.78 is 47.2. The molecular formula is C12H19NO4S2. The van der Waals surface area contributed by atoms with Crippen molar-refractivity contribution in [3.63, 3.8) is 0 Å². The van der Waals surface area contributed by atoms with Crippen molar-refractivity contribution in [1.82, 2.24) is 0 Å². The molecule has 0 saturated carbocycles. The summed E-state index contributed by atoms with van der Waals surface area (Å²) in [6.07, 6.45) is 0.481. The number of hydrogen-bond acceptors (Lipinski definition) is 5. The van der Waals surface area contributed by atoms with Crippen LogP contribution in [0.1, 0.15) is 18.9 Å². The summed E-state index contributed by atoms with van der Waals surface area (Å²) in [5.74, 6) is -0.787. The van der Waals surface area contributed by atoms with E-state index in [-0.39, 0.29) is 22.1 Å². The summed E-state index contributed by atoms with van der Waals surface area (Å²) in [6, 6.07) is 4.63. The van der Waals surface area contributed by atoms with Gasteiger partial charge in [-0.05, 0) is 31.0 Å². The summed E-state index contributed by atoms with van der Waals surface area (Å²) in [5, 5.41) is 0. The first-order chi connectivity index (χ1) is 8.68. The van der Waals surface area contributed by atoms with Crippen LogP contribution in [0.2, 0.25) is 0 Å². The summed E-state index contributed by atoms with van der Waals surface area (Å²) in [6.45, 7) is 3.54. The zero-order chi connectivity index (χ0) is 14.7. The van der Waals surface area contributed by atoms with Crippen LogP contribution in [0, 0.1) is 6.92 Å². The van der Waals surface area contributed by atoms with E-state index in [2.05, 4.69) is 0 Å². The van der Waals surface area contributed by atoms with E-state index in [1.165, 1.54) is 6.07 Å². The monoisotopic (exact) mass is 305 g/mol. The molecule has 1 rings (SSSR count). The van der Waals surface area contributed by atoms with Gasteiger partial charge in [0.15, 0.2) is 19.7 Å². The average molecular weight is 305 g/mol. The topological polar surface area (TPSA) is 94.3 Å². The summed E-state index contributed by atoms with van der Waals surface area (Å²) >= 11 is 0. The SMILES string of the molecule is CCCS(=O)(=O)CCS(=O)(=O)c1ccc(C)cc1N. The lowest BCUT2D eigenvalue weighted by Crippen LogP contribution is -2.20. The quantitative estimate of drug-likeness (QED) is 0.796. The molecule has 0 fully saturated rings. The van der Waals surface area contributed by atoms with Crippen molar-refractivity contribution in [3.05, 3.63) is 23.8 Å². The van der Waals surface area contributed by atoms with Crippen LogP contribution in [-0.4, -0.2) is 34.1 Å². The molecule has 0 aliphatic carbocycles. The number of nitrogens with two attached hydrogens (primary N) is 1. The number of anilines is 1. The number of sulfone groups is 2. The largest absolute Gasteiger partial charge is 0.398 e. The Balaban J connectivity index is 2.94. The van der Waals surface area contributed by atoms with Crippen LogP contribution >= 0.6 is 0 Å². The molecule has 108 valence electrons. The summed E-state index contributed by atoms with van der Waals surface area (Å²) in [5.41, 5.74) is 6.69. The Morgan fingerprint density at radius 3 is 2.21 bits per heavy atom. The molecular weight excluding hydrogens is 286 g/mol. The molecule has 5 nitrogen and oxygen atoms in total. The first-order valence-electron chi connectivity index (χ1n) is 5.97. The fourth-order valence-electron chi connectivity index (χ4n) is 1.71. The van der Waals surface area contributed by atoms with E-state index in [0.29, 0.717) is 6.42 Å². The van der Waals surface area contributed by atoms with Crippen molar-refractivity contribution in [1.29, 1.82) is 0 Å². The average Bonchev–Trinajstić information content (AvgIpc) is 2.26. The molecule has 0 aromatic heterocycles. The van der Waals surface area contributed by atoms with Gasteiger partial charge in [-0.3, -0.25) is 0 Å². The predicted octanol–water partition coefficient (Wildman–Crippen LogP) is 1.18. The molecule has 0 saturated heterocycles. The second-order valence-corrected chi connectivity index (χ2v) is 8.89. The molecule has 0 aliphatic rings. The molecule has 0 unspecified atom stereocenters. The van der Waals surface area contributed by atoms with E-state index in [0.717, 1.165) is 5.56 Å². The second-order valence-electron chi connectivity index (χ2n) is 4.51. The molecule has 0 bridgehead atoms. The highest BCUT2D eigenvalue weighted by Gasteiger charge is 2.21. The van der Waals surface area contributed by atoms with Crippen molar-refractivity contribution in [2.45, 2.75) is 25.2 Å². The molecule has 1 aromatic rings. The zero-order valence-electron chi connectivity index (χ0n) is 11.1. The highest BCUT2D eigenvalue weighted by Crippen LogP contribution is 2.21. The van der Waals surface area contributed by atoms with Crippen LogP contribution < -0.4 is 5.73 Å². The van der Waals surface area contributed by atoms with Gasteiger partial charge in [0.2, 0.25) is 0 Å². The predicted molar refractivity (Wildman–Crippen MR) is 76.6 cm³/mol. The van der Waals surface area contributed by atoms with E-state index in [4.69, 9.17) is 5.73 Å². The van der Waals surface area contributed by atoms with Crippen LogP contribution in [-0.2, 0) is 19.7 Å². The van der Waals surface area contributed by atoms with Crippen LogP contribution in [0.15, 0.2) is 23.1 Å². The van der Waals surface area contributed by atoms with E-state index in [9.17, 15) is 16.8 Å². The highest BCUT2D eigenvalue weighted by atomic mass is 32.2. The Morgan fingerprint density at radius 1 is 1.05 bits per heavy atom. The van der Waals surface area contributed by atoms with Crippen LogP contribution in [0.3, 0.4) is 0 Å². The van der Waals surface area contributed by atoms with Crippen molar-refractivity contribution in [2.24, 2.45) is 0 Å². The van der Waals surface area contributed by atoms with Gasteiger partial charge in [-0.1, -0.05) is 13.0 Å². The van der Waals surface area contributed by atoms with Gasteiger partial charge in [0, 0.05) is 5.75 Å². The number of benzene rings is 1. The number of hydrogen-bond donors (Lipinski definition) is 1. The molecule has 0 heterocycles. The van der Waals surface area contributed by atoms with Crippen molar-refractivity contribution in [3.8, 4) is 0 Å².